The maximum Gasteiger partial charge on any atom is 0.235 e. The van der Waals surface area contributed by atoms with Crippen molar-refractivity contribution in [1.82, 2.24) is 4.57 Å². The lowest BCUT2D eigenvalue weighted by molar-refractivity contribution is 0.0917. The van der Waals surface area contributed by atoms with Gasteiger partial charge in [0, 0.05) is 11.1 Å². The molecule has 0 fully saturated rings. The molecule has 1 aromatic heterocycles. The molecule has 0 bridgehead atoms. The zero-order chi connectivity index (χ0) is 15.7. The predicted molar refractivity (Wildman–Crippen MR) is 88.7 cm³/mol. The second kappa shape index (κ2) is 5.68. The molecule has 0 aliphatic heterocycles. The van der Waals surface area contributed by atoms with Gasteiger partial charge < -0.3 is 4.74 Å². The number of fused-ring (bicyclic) bond motifs is 1. The average molecular weight is 293 g/mol. The normalized spacial score (nSPS) is 10.9. The summed E-state index contributed by atoms with van der Waals surface area (Å²) in [5, 5.41) is 1.07. The third-order valence-corrected chi connectivity index (χ3v) is 4.17. The molecule has 0 spiro atoms. The second-order valence-electron chi connectivity index (χ2n) is 5.49. The number of nitrogens with zero attached hydrogens (tertiary/aromatic N) is 1. The van der Waals surface area contributed by atoms with E-state index in [1.54, 1.807) is 7.11 Å². The fourth-order valence-electron chi connectivity index (χ4n) is 2.85. The first kappa shape index (κ1) is 14.4. The third-order valence-electron chi connectivity index (χ3n) is 4.17. The van der Waals surface area contributed by atoms with Gasteiger partial charge in [-0.05, 0) is 43.2 Å². The molecule has 112 valence electrons. The average Bonchev–Trinajstić information content (AvgIpc) is 2.79. The number of benzene rings is 2. The van der Waals surface area contributed by atoms with Gasteiger partial charge in [-0.15, -0.1) is 0 Å². The summed E-state index contributed by atoms with van der Waals surface area (Å²) in [6, 6.07) is 15.7. The van der Waals surface area contributed by atoms with E-state index in [1.165, 1.54) is 0 Å². The molecule has 0 atom stereocenters. The molecule has 3 heteroatoms. The Hall–Kier alpha value is -2.55. The molecule has 0 amide bonds. The summed E-state index contributed by atoms with van der Waals surface area (Å²) in [7, 11) is 1.65. The smallest absolute Gasteiger partial charge is 0.235 e. The van der Waals surface area contributed by atoms with Crippen molar-refractivity contribution >= 4 is 16.8 Å². The van der Waals surface area contributed by atoms with E-state index in [9.17, 15) is 4.79 Å². The van der Waals surface area contributed by atoms with E-state index >= 15 is 0 Å². The SMILES string of the molecule is COc1ccc2c(c1)c(C)c(C)n2C(=O)Cc1ccccc1. The maximum absolute atomic E-state index is 12.7. The van der Waals surface area contributed by atoms with Crippen molar-refractivity contribution in [3.05, 3.63) is 65.4 Å². The topological polar surface area (TPSA) is 31.2 Å². The molecular formula is C19H19NO2. The molecule has 0 aliphatic rings. The van der Waals surface area contributed by atoms with Gasteiger partial charge in [-0.25, -0.2) is 0 Å². The Morgan fingerprint density at radius 2 is 1.82 bits per heavy atom. The van der Waals surface area contributed by atoms with E-state index in [-0.39, 0.29) is 5.91 Å². The third kappa shape index (κ3) is 2.39. The Morgan fingerprint density at radius 3 is 2.50 bits per heavy atom. The summed E-state index contributed by atoms with van der Waals surface area (Å²) in [5.74, 6) is 0.898. The summed E-state index contributed by atoms with van der Waals surface area (Å²) in [5.41, 5.74) is 4.08. The summed E-state index contributed by atoms with van der Waals surface area (Å²) >= 11 is 0. The zero-order valence-corrected chi connectivity index (χ0v) is 13.1. The highest BCUT2D eigenvalue weighted by Crippen LogP contribution is 2.29. The Labute approximate surface area is 130 Å². The van der Waals surface area contributed by atoms with E-state index in [4.69, 9.17) is 4.74 Å². The van der Waals surface area contributed by atoms with Gasteiger partial charge in [0.05, 0.1) is 19.0 Å². The standard InChI is InChI=1S/C19H19NO2/c1-13-14(2)20(18-10-9-16(22-3)12-17(13)18)19(21)11-15-7-5-4-6-8-15/h4-10,12H,11H2,1-3H3. The van der Waals surface area contributed by atoms with E-state index in [0.717, 1.165) is 33.5 Å². The highest BCUT2D eigenvalue weighted by molar-refractivity contribution is 5.97. The number of methoxy groups -OCH3 is 1. The Morgan fingerprint density at radius 1 is 1.09 bits per heavy atom. The summed E-state index contributed by atoms with van der Waals surface area (Å²) in [4.78, 5) is 12.7. The van der Waals surface area contributed by atoms with Gasteiger partial charge in [0.25, 0.3) is 0 Å². The van der Waals surface area contributed by atoms with Gasteiger partial charge in [0.1, 0.15) is 5.75 Å². The Kier molecular flexibility index (Phi) is 3.72. The minimum absolute atomic E-state index is 0.0898. The molecule has 0 unspecified atom stereocenters. The fourth-order valence-corrected chi connectivity index (χ4v) is 2.85. The van der Waals surface area contributed by atoms with E-state index in [0.29, 0.717) is 6.42 Å². The van der Waals surface area contributed by atoms with Crippen LogP contribution in [0, 0.1) is 13.8 Å². The zero-order valence-electron chi connectivity index (χ0n) is 13.1. The van der Waals surface area contributed by atoms with Gasteiger partial charge in [-0.2, -0.15) is 0 Å². The van der Waals surface area contributed by atoms with Crippen LogP contribution in [0.25, 0.3) is 10.9 Å². The van der Waals surface area contributed by atoms with Gasteiger partial charge in [-0.1, -0.05) is 30.3 Å². The van der Waals surface area contributed by atoms with Crippen LogP contribution in [0.3, 0.4) is 0 Å². The monoisotopic (exact) mass is 293 g/mol. The highest BCUT2D eigenvalue weighted by atomic mass is 16.5. The quantitative estimate of drug-likeness (QED) is 0.726. The number of aromatic nitrogens is 1. The van der Waals surface area contributed by atoms with Crippen LogP contribution in [0.1, 0.15) is 21.6 Å². The maximum atomic E-state index is 12.7. The van der Waals surface area contributed by atoms with Crippen LogP contribution < -0.4 is 4.74 Å². The predicted octanol–water partition coefficient (Wildman–Crippen LogP) is 4.15. The lowest BCUT2D eigenvalue weighted by atomic mass is 10.1. The first-order valence-corrected chi connectivity index (χ1v) is 7.34. The van der Waals surface area contributed by atoms with Crippen LogP contribution >= 0.6 is 0 Å². The van der Waals surface area contributed by atoms with Crippen LogP contribution in [0.2, 0.25) is 0 Å². The number of rotatable bonds is 3. The molecule has 0 saturated carbocycles. The van der Waals surface area contributed by atoms with Crippen molar-refractivity contribution in [3.63, 3.8) is 0 Å². The summed E-state index contributed by atoms with van der Waals surface area (Å²) in [6.45, 7) is 4.04. The lowest BCUT2D eigenvalue weighted by Gasteiger charge is -2.07. The number of carbonyl (C=O) groups is 1. The van der Waals surface area contributed by atoms with Crippen molar-refractivity contribution in [2.45, 2.75) is 20.3 Å². The van der Waals surface area contributed by atoms with Gasteiger partial charge in [0.2, 0.25) is 5.91 Å². The minimum atomic E-state index is 0.0898. The van der Waals surface area contributed by atoms with Gasteiger partial charge >= 0.3 is 0 Å². The Balaban J connectivity index is 2.07. The molecule has 2 aromatic carbocycles. The van der Waals surface area contributed by atoms with E-state index in [2.05, 4.69) is 0 Å². The van der Waals surface area contributed by atoms with Crippen molar-refractivity contribution in [3.8, 4) is 5.75 Å². The molecule has 3 nitrogen and oxygen atoms in total. The lowest BCUT2D eigenvalue weighted by Crippen LogP contribution is -2.14. The number of carbonyl (C=O) groups excluding carboxylic acids is 1. The van der Waals surface area contributed by atoms with Crippen LogP contribution in [0.4, 0.5) is 0 Å². The molecule has 0 saturated heterocycles. The van der Waals surface area contributed by atoms with E-state index < -0.39 is 0 Å². The molecule has 3 rings (SSSR count). The van der Waals surface area contributed by atoms with Gasteiger partial charge in [-0.3, -0.25) is 9.36 Å². The fraction of sp³-hybridized carbons (Fsp3) is 0.211. The summed E-state index contributed by atoms with van der Waals surface area (Å²) in [6.07, 6.45) is 0.400. The highest BCUT2D eigenvalue weighted by Gasteiger charge is 2.17. The number of aryl methyl sites for hydroxylation is 1. The molecule has 3 aromatic rings. The second-order valence-corrected chi connectivity index (χ2v) is 5.49. The summed E-state index contributed by atoms with van der Waals surface area (Å²) < 4.78 is 7.10. The number of ether oxygens (including phenoxy) is 1. The van der Waals surface area contributed by atoms with Crippen molar-refractivity contribution < 1.29 is 9.53 Å². The van der Waals surface area contributed by atoms with Crippen LogP contribution in [0.5, 0.6) is 5.75 Å². The minimum Gasteiger partial charge on any atom is -0.497 e. The molecule has 22 heavy (non-hydrogen) atoms. The first-order chi connectivity index (χ1) is 10.6. The van der Waals surface area contributed by atoms with Crippen LogP contribution in [0.15, 0.2) is 48.5 Å². The molecule has 0 aliphatic carbocycles. The van der Waals surface area contributed by atoms with Crippen LogP contribution in [-0.2, 0) is 6.42 Å². The first-order valence-electron chi connectivity index (χ1n) is 7.34. The molecule has 0 N–H and O–H groups in total. The largest absolute Gasteiger partial charge is 0.497 e. The molecular weight excluding hydrogens is 274 g/mol. The molecule has 0 radical (unpaired) electrons. The number of hydrogen-bond donors (Lipinski definition) is 0. The van der Waals surface area contributed by atoms with Crippen LogP contribution in [-0.4, -0.2) is 17.6 Å². The van der Waals surface area contributed by atoms with Gasteiger partial charge in [0.15, 0.2) is 0 Å². The van der Waals surface area contributed by atoms with E-state index in [1.807, 2.05) is 66.9 Å². The van der Waals surface area contributed by atoms with Crippen molar-refractivity contribution in [2.75, 3.05) is 7.11 Å². The van der Waals surface area contributed by atoms with Crippen molar-refractivity contribution in [1.29, 1.82) is 0 Å². The molecule has 1 heterocycles. The van der Waals surface area contributed by atoms with Crippen molar-refractivity contribution in [2.24, 2.45) is 0 Å². The number of hydrogen-bond acceptors (Lipinski definition) is 2. The Bertz CT molecular complexity index is 832.